The maximum absolute atomic E-state index is 11.2. The number of hydrogen-bond acceptors (Lipinski definition) is 4. The van der Waals surface area contributed by atoms with E-state index in [-0.39, 0.29) is 12.5 Å². The minimum atomic E-state index is -0.426. The van der Waals surface area contributed by atoms with Gasteiger partial charge in [0.25, 0.3) is 5.91 Å². The highest BCUT2D eigenvalue weighted by Gasteiger charge is 2.15. The molecule has 5 N–H and O–H groups in total. The number of urea groups is 1. The lowest BCUT2D eigenvalue weighted by Gasteiger charge is -2.18. The van der Waals surface area contributed by atoms with E-state index in [9.17, 15) is 9.59 Å². The average molecular weight is 250 g/mol. The average Bonchev–Trinajstić information content (AvgIpc) is 2.38. The number of fused-ring (bicyclic) bond motifs is 1. The third-order valence-corrected chi connectivity index (χ3v) is 2.51. The SMILES string of the molecule is NNC(=O)NCCc1ccc2c(c1)NC(=O)CO2. The zero-order valence-electron chi connectivity index (χ0n) is 9.66. The van der Waals surface area contributed by atoms with E-state index in [1.165, 1.54) is 0 Å². The number of anilines is 1. The van der Waals surface area contributed by atoms with E-state index < -0.39 is 6.03 Å². The Morgan fingerprint density at radius 1 is 1.50 bits per heavy atom. The summed E-state index contributed by atoms with van der Waals surface area (Å²) >= 11 is 0. The van der Waals surface area contributed by atoms with Gasteiger partial charge in [-0.15, -0.1) is 0 Å². The number of rotatable bonds is 3. The van der Waals surface area contributed by atoms with Crippen LogP contribution in [0.3, 0.4) is 0 Å². The van der Waals surface area contributed by atoms with E-state index in [1.807, 2.05) is 17.6 Å². The van der Waals surface area contributed by atoms with Crippen LogP contribution in [0.4, 0.5) is 10.5 Å². The van der Waals surface area contributed by atoms with Crippen LogP contribution in [0.1, 0.15) is 5.56 Å². The molecule has 1 aromatic carbocycles. The predicted molar refractivity (Wildman–Crippen MR) is 65.0 cm³/mol. The predicted octanol–water partition coefficient (Wildman–Crippen LogP) is -0.267. The van der Waals surface area contributed by atoms with Gasteiger partial charge in [-0.2, -0.15) is 0 Å². The van der Waals surface area contributed by atoms with E-state index in [0.29, 0.717) is 24.4 Å². The molecule has 0 radical (unpaired) electrons. The highest BCUT2D eigenvalue weighted by molar-refractivity contribution is 5.95. The summed E-state index contributed by atoms with van der Waals surface area (Å²) in [6.45, 7) is 0.501. The molecular weight excluding hydrogens is 236 g/mol. The molecule has 18 heavy (non-hydrogen) atoms. The summed E-state index contributed by atoms with van der Waals surface area (Å²) in [5, 5.41) is 5.30. The summed E-state index contributed by atoms with van der Waals surface area (Å²) in [5.41, 5.74) is 3.62. The Hall–Kier alpha value is -2.28. The molecule has 0 saturated carbocycles. The summed E-state index contributed by atoms with van der Waals surface area (Å²) in [5.74, 6) is 5.42. The van der Waals surface area contributed by atoms with E-state index >= 15 is 0 Å². The molecule has 1 aliphatic rings. The van der Waals surface area contributed by atoms with Crippen LogP contribution < -0.4 is 26.6 Å². The van der Waals surface area contributed by atoms with Crippen LogP contribution in [0, 0.1) is 0 Å². The van der Waals surface area contributed by atoms with Crippen molar-refractivity contribution >= 4 is 17.6 Å². The first-order valence-corrected chi connectivity index (χ1v) is 5.49. The number of benzene rings is 1. The molecule has 96 valence electrons. The topological polar surface area (TPSA) is 105 Å². The molecule has 1 heterocycles. The highest BCUT2D eigenvalue weighted by atomic mass is 16.5. The first-order chi connectivity index (χ1) is 8.69. The van der Waals surface area contributed by atoms with Gasteiger partial charge in [0.05, 0.1) is 5.69 Å². The van der Waals surface area contributed by atoms with Crippen LogP contribution in [0.25, 0.3) is 0 Å². The molecule has 1 aliphatic heterocycles. The fraction of sp³-hybridized carbons (Fsp3) is 0.273. The Morgan fingerprint density at radius 2 is 2.33 bits per heavy atom. The molecule has 0 bridgehead atoms. The number of hydrazine groups is 1. The Morgan fingerprint density at radius 3 is 3.11 bits per heavy atom. The van der Waals surface area contributed by atoms with Crippen molar-refractivity contribution in [2.75, 3.05) is 18.5 Å². The lowest BCUT2D eigenvalue weighted by Crippen LogP contribution is -2.40. The molecular formula is C11H14N4O3. The van der Waals surface area contributed by atoms with Gasteiger partial charge in [0.1, 0.15) is 5.75 Å². The normalized spacial score (nSPS) is 13.1. The molecule has 0 aromatic heterocycles. The molecule has 7 heteroatoms. The van der Waals surface area contributed by atoms with Crippen molar-refractivity contribution in [3.63, 3.8) is 0 Å². The fourth-order valence-corrected chi connectivity index (χ4v) is 1.66. The highest BCUT2D eigenvalue weighted by Crippen LogP contribution is 2.28. The summed E-state index contributed by atoms with van der Waals surface area (Å²) in [6, 6.07) is 5.09. The number of nitrogens with one attached hydrogen (secondary N) is 3. The molecule has 0 atom stereocenters. The Kier molecular flexibility index (Phi) is 3.63. The van der Waals surface area contributed by atoms with Gasteiger partial charge in [-0.25, -0.2) is 10.6 Å². The van der Waals surface area contributed by atoms with Crippen LogP contribution in [-0.4, -0.2) is 25.1 Å². The smallest absolute Gasteiger partial charge is 0.328 e. The molecule has 0 aliphatic carbocycles. The minimum absolute atomic E-state index is 0.0462. The van der Waals surface area contributed by atoms with Gasteiger partial charge in [-0.1, -0.05) is 6.07 Å². The fourth-order valence-electron chi connectivity index (χ4n) is 1.66. The van der Waals surface area contributed by atoms with Crippen molar-refractivity contribution in [1.82, 2.24) is 10.7 Å². The summed E-state index contributed by atoms with van der Waals surface area (Å²) < 4.78 is 5.24. The van der Waals surface area contributed by atoms with Gasteiger partial charge < -0.3 is 15.4 Å². The van der Waals surface area contributed by atoms with E-state index in [2.05, 4.69) is 10.6 Å². The van der Waals surface area contributed by atoms with E-state index in [0.717, 1.165) is 5.56 Å². The van der Waals surface area contributed by atoms with Gasteiger partial charge in [0.2, 0.25) is 0 Å². The number of nitrogens with two attached hydrogens (primary N) is 1. The second kappa shape index (κ2) is 5.37. The van der Waals surface area contributed by atoms with E-state index in [4.69, 9.17) is 10.6 Å². The van der Waals surface area contributed by atoms with Crippen LogP contribution in [0.5, 0.6) is 5.75 Å². The van der Waals surface area contributed by atoms with Gasteiger partial charge in [0, 0.05) is 6.54 Å². The lowest BCUT2D eigenvalue weighted by atomic mass is 10.1. The van der Waals surface area contributed by atoms with Crippen LogP contribution in [0.15, 0.2) is 18.2 Å². The number of carbonyl (C=O) groups is 2. The molecule has 3 amide bonds. The summed E-state index contributed by atoms with van der Waals surface area (Å²) in [7, 11) is 0. The van der Waals surface area contributed by atoms with Gasteiger partial charge in [0.15, 0.2) is 6.61 Å². The third kappa shape index (κ3) is 2.89. The molecule has 1 aromatic rings. The van der Waals surface area contributed by atoms with Gasteiger partial charge in [-0.05, 0) is 24.1 Å². The van der Waals surface area contributed by atoms with Gasteiger partial charge >= 0.3 is 6.03 Å². The van der Waals surface area contributed by atoms with Gasteiger partial charge in [-0.3, -0.25) is 10.2 Å². The Labute approximate surface area is 104 Å². The maximum Gasteiger partial charge on any atom is 0.328 e. The van der Waals surface area contributed by atoms with Crippen LogP contribution >= 0.6 is 0 Å². The van der Waals surface area contributed by atoms with Crippen molar-refractivity contribution in [2.45, 2.75) is 6.42 Å². The maximum atomic E-state index is 11.2. The van der Waals surface area contributed by atoms with Crippen molar-refractivity contribution in [2.24, 2.45) is 5.84 Å². The van der Waals surface area contributed by atoms with Crippen LogP contribution in [-0.2, 0) is 11.2 Å². The second-order valence-electron chi connectivity index (χ2n) is 3.82. The zero-order chi connectivity index (χ0) is 13.0. The van der Waals surface area contributed by atoms with E-state index in [1.54, 1.807) is 6.07 Å². The van der Waals surface area contributed by atoms with Crippen molar-refractivity contribution in [3.8, 4) is 5.75 Å². The molecule has 0 saturated heterocycles. The molecule has 0 fully saturated rings. The Balaban J connectivity index is 1.96. The second-order valence-corrected chi connectivity index (χ2v) is 3.82. The third-order valence-electron chi connectivity index (χ3n) is 2.51. The quantitative estimate of drug-likeness (QED) is 0.337. The number of carbonyl (C=O) groups excluding carboxylic acids is 2. The number of ether oxygens (including phenoxy) is 1. The molecule has 7 nitrogen and oxygen atoms in total. The minimum Gasteiger partial charge on any atom is -0.482 e. The summed E-state index contributed by atoms with van der Waals surface area (Å²) in [6.07, 6.45) is 0.635. The first kappa shape index (κ1) is 12.2. The number of amides is 3. The number of hydrogen-bond donors (Lipinski definition) is 4. The first-order valence-electron chi connectivity index (χ1n) is 5.49. The molecule has 2 rings (SSSR count). The lowest BCUT2D eigenvalue weighted by molar-refractivity contribution is -0.118. The summed E-state index contributed by atoms with van der Waals surface area (Å²) in [4.78, 5) is 22.0. The zero-order valence-corrected chi connectivity index (χ0v) is 9.66. The van der Waals surface area contributed by atoms with Crippen molar-refractivity contribution in [1.29, 1.82) is 0 Å². The molecule has 0 spiro atoms. The van der Waals surface area contributed by atoms with Crippen molar-refractivity contribution < 1.29 is 14.3 Å². The van der Waals surface area contributed by atoms with Crippen LogP contribution in [0.2, 0.25) is 0 Å². The standard InChI is InChI=1S/C11H14N4O3/c12-15-11(17)13-4-3-7-1-2-9-8(5-7)14-10(16)6-18-9/h1-2,5H,3-4,6,12H2,(H,14,16)(H2,13,15,17). The van der Waals surface area contributed by atoms with Crippen molar-refractivity contribution in [3.05, 3.63) is 23.8 Å². The molecule has 0 unspecified atom stereocenters. The monoisotopic (exact) mass is 250 g/mol. The largest absolute Gasteiger partial charge is 0.482 e. The Bertz CT molecular complexity index is 475.